The highest BCUT2D eigenvalue weighted by atomic mass is 79.9. The van der Waals surface area contributed by atoms with E-state index in [2.05, 4.69) is 58.4 Å². The smallest absolute Gasteiger partial charge is 0.423 e. The summed E-state index contributed by atoms with van der Waals surface area (Å²) >= 11 is 9.89. The second-order valence-electron chi connectivity index (χ2n) is 9.21. The normalized spacial score (nSPS) is 13.3. The summed E-state index contributed by atoms with van der Waals surface area (Å²) in [5.41, 5.74) is 5.25. The third kappa shape index (κ3) is 8.33. The Balaban J connectivity index is 0.000000154. The van der Waals surface area contributed by atoms with Crippen LogP contribution in [-0.4, -0.2) is 40.8 Å². The molecule has 42 heavy (non-hydrogen) atoms. The molecule has 2 aliphatic heterocycles. The number of fused-ring (bicyclic) bond motifs is 2. The van der Waals surface area contributed by atoms with Gasteiger partial charge in [-0.2, -0.15) is 0 Å². The molecule has 4 aromatic carbocycles. The maximum atomic E-state index is 11.8. The highest BCUT2D eigenvalue weighted by Gasteiger charge is 2.23. The van der Waals surface area contributed by atoms with E-state index in [0.29, 0.717) is 16.6 Å². The topological polar surface area (TPSA) is 133 Å². The number of hydrogen-bond donors (Lipinski definition) is 4. The zero-order valence-electron chi connectivity index (χ0n) is 21.7. The number of carbonyl (C=O) groups is 4. The minimum Gasteiger partial charge on any atom is -0.423 e. The molecular formula is C30H22BBr3N2O6. The lowest BCUT2D eigenvalue weighted by Crippen LogP contribution is -2.37. The van der Waals surface area contributed by atoms with E-state index in [1.54, 1.807) is 36.4 Å². The van der Waals surface area contributed by atoms with E-state index < -0.39 is 7.12 Å². The molecular weight excluding hydrogens is 735 g/mol. The third-order valence-corrected chi connectivity index (χ3v) is 7.78. The Labute approximate surface area is 267 Å². The fourth-order valence-corrected chi connectivity index (χ4v) is 5.03. The van der Waals surface area contributed by atoms with Gasteiger partial charge in [0, 0.05) is 24.5 Å². The first kappa shape index (κ1) is 31.5. The summed E-state index contributed by atoms with van der Waals surface area (Å²) in [5.74, 6) is -1.11. The van der Waals surface area contributed by atoms with Crippen LogP contribution in [0.1, 0.15) is 31.8 Å². The zero-order chi connectivity index (χ0) is 30.4. The number of nitrogens with one attached hydrogen (secondary N) is 2. The van der Waals surface area contributed by atoms with Crippen molar-refractivity contribution in [1.82, 2.24) is 10.6 Å². The molecule has 0 bridgehead atoms. The number of amides is 4. The van der Waals surface area contributed by atoms with Gasteiger partial charge in [-0.1, -0.05) is 90.3 Å². The summed E-state index contributed by atoms with van der Waals surface area (Å²) < 4.78 is 2.78. The minimum atomic E-state index is -1.37. The van der Waals surface area contributed by atoms with E-state index in [-0.39, 0.29) is 36.5 Å². The van der Waals surface area contributed by atoms with Gasteiger partial charge in [0.15, 0.2) is 0 Å². The van der Waals surface area contributed by atoms with Crippen LogP contribution < -0.4 is 16.1 Å². The Morgan fingerprint density at radius 2 is 0.976 bits per heavy atom. The van der Waals surface area contributed by atoms with E-state index >= 15 is 0 Å². The van der Waals surface area contributed by atoms with Crippen molar-refractivity contribution >= 4 is 84.0 Å². The molecule has 12 heteroatoms. The lowest BCUT2D eigenvalue weighted by Gasteiger charge is -2.16. The Morgan fingerprint density at radius 1 is 0.548 bits per heavy atom. The minimum absolute atomic E-state index is 0.236. The van der Waals surface area contributed by atoms with Gasteiger partial charge in [-0.15, -0.1) is 0 Å². The molecule has 0 aromatic heterocycles. The van der Waals surface area contributed by atoms with Crippen LogP contribution in [0.5, 0.6) is 0 Å². The number of imide groups is 2. The summed E-state index contributed by atoms with van der Waals surface area (Å²) in [6.07, 6.45) is 0.552. The van der Waals surface area contributed by atoms with Gasteiger partial charge in [-0.25, -0.2) is 0 Å². The molecule has 2 heterocycles. The standard InChI is InChI=1S/C15H10BrNO2.C9H6BrNO2.C6H6BBrO2/c16-12-5-3-9(4-6-12)10-1-2-11-8-14(18)17-15(19)13(11)7-10;10-6-2-1-5-3-8(12)11-9(13)7(5)4-6;8-6-3-1-5(2-4-6)7(9)10/h1-7H,8H2,(H,17,18,19);1-2,4H,3H2,(H,11,12,13);1-4,9-10H. The van der Waals surface area contributed by atoms with Crippen molar-refractivity contribution in [2.45, 2.75) is 12.8 Å². The van der Waals surface area contributed by atoms with Crippen LogP contribution in [0.15, 0.2) is 98.3 Å². The molecule has 0 saturated carbocycles. The molecule has 2 aliphatic rings. The average molecular weight is 757 g/mol. The van der Waals surface area contributed by atoms with Gasteiger partial charge in [-0.3, -0.25) is 29.8 Å². The maximum absolute atomic E-state index is 11.8. The molecule has 0 fully saturated rings. The molecule has 4 aromatic rings. The first-order chi connectivity index (χ1) is 20.0. The second kappa shape index (κ2) is 14.2. The molecule has 0 spiro atoms. The first-order valence-electron chi connectivity index (χ1n) is 12.5. The van der Waals surface area contributed by atoms with Crippen molar-refractivity contribution in [2.24, 2.45) is 0 Å². The molecule has 212 valence electrons. The van der Waals surface area contributed by atoms with Gasteiger partial charge in [0.25, 0.3) is 11.8 Å². The van der Waals surface area contributed by atoms with E-state index in [1.165, 1.54) is 0 Å². The van der Waals surface area contributed by atoms with E-state index in [4.69, 9.17) is 10.0 Å². The third-order valence-electron chi connectivity index (χ3n) is 6.22. The largest absolute Gasteiger partial charge is 0.488 e. The molecule has 0 unspecified atom stereocenters. The van der Waals surface area contributed by atoms with Crippen molar-refractivity contribution in [3.05, 3.63) is 121 Å². The molecule has 0 atom stereocenters. The number of rotatable bonds is 2. The van der Waals surface area contributed by atoms with E-state index in [9.17, 15) is 19.2 Å². The molecule has 4 N–H and O–H groups in total. The lowest BCUT2D eigenvalue weighted by molar-refractivity contribution is -0.120. The summed E-state index contributed by atoms with van der Waals surface area (Å²) in [5, 5.41) is 21.9. The van der Waals surface area contributed by atoms with Gasteiger partial charge in [0.1, 0.15) is 0 Å². The van der Waals surface area contributed by atoms with Crippen LogP contribution in [-0.2, 0) is 22.4 Å². The maximum Gasteiger partial charge on any atom is 0.488 e. The quantitative estimate of drug-likeness (QED) is 0.178. The molecule has 0 saturated heterocycles. The van der Waals surface area contributed by atoms with E-state index in [0.717, 1.165) is 35.7 Å². The highest BCUT2D eigenvalue weighted by molar-refractivity contribution is 9.11. The predicted molar refractivity (Wildman–Crippen MR) is 170 cm³/mol. The van der Waals surface area contributed by atoms with Gasteiger partial charge < -0.3 is 10.0 Å². The molecule has 8 nitrogen and oxygen atoms in total. The number of hydrogen-bond acceptors (Lipinski definition) is 6. The number of carbonyl (C=O) groups excluding carboxylic acids is 4. The van der Waals surface area contributed by atoms with Crippen LogP contribution in [0, 0.1) is 0 Å². The number of benzene rings is 4. The van der Waals surface area contributed by atoms with Gasteiger partial charge in [0.05, 0.1) is 12.8 Å². The zero-order valence-corrected chi connectivity index (χ0v) is 26.5. The van der Waals surface area contributed by atoms with Crippen LogP contribution in [0.25, 0.3) is 11.1 Å². The Morgan fingerprint density at radius 3 is 1.50 bits per heavy atom. The van der Waals surface area contributed by atoms with Crippen molar-refractivity contribution in [3.8, 4) is 11.1 Å². The number of halogens is 3. The molecule has 4 amide bonds. The first-order valence-corrected chi connectivity index (χ1v) is 14.9. The summed E-state index contributed by atoms with van der Waals surface area (Å²) in [6, 6.07) is 25.6. The Bertz CT molecular complexity index is 1660. The van der Waals surface area contributed by atoms with Crippen LogP contribution in [0.4, 0.5) is 0 Å². The summed E-state index contributed by atoms with van der Waals surface area (Å²) in [6.45, 7) is 0. The molecule has 0 aliphatic carbocycles. The van der Waals surface area contributed by atoms with Crippen LogP contribution >= 0.6 is 47.8 Å². The fourth-order valence-electron chi connectivity index (χ4n) is 4.14. The highest BCUT2D eigenvalue weighted by Crippen LogP contribution is 2.26. The van der Waals surface area contributed by atoms with Gasteiger partial charge >= 0.3 is 7.12 Å². The monoisotopic (exact) mass is 754 g/mol. The van der Waals surface area contributed by atoms with Crippen molar-refractivity contribution in [2.75, 3.05) is 0 Å². The Hall–Kier alpha value is -3.42. The average Bonchev–Trinajstić information content (AvgIpc) is 2.95. The SMILES string of the molecule is O=C1Cc2ccc(-c3ccc(Br)cc3)cc2C(=O)N1.O=C1Cc2ccc(Br)cc2C(=O)N1.OB(O)c1ccc(Br)cc1. The predicted octanol–water partition coefficient (Wildman–Crippen LogP) is 4.32. The molecule has 6 rings (SSSR count). The van der Waals surface area contributed by atoms with Crippen LogP contribution in [0.3, 0.4) is 0 Å². The lowest BCUT2D eigenvalue weighted by atomic mass is 9.81. The van der Waals surface area contributed by atoms with Crippen molar-refractivity contribution < 1.29 is 29.2 Å². The summed E-state index contributed by atoms with van der Waals surface area (Å²) in [4.78, 5) is 45.4. The van der Waals surface area contributed by atoms with Crippen molar-refractivity contribution in [1.29, 1.82) is 0 Å². The Kier molecular flexibility index (Phi) is 10.6. The van der Waals surface area contributed by atoms with Crippen LogP contribution in [0.2, 0.25) is 0 Å². The second-order valence-corrected chi connectivity index (χ2v) is 12.0. The summed E-state index contributed by atoms with van der Waals surface area (Å²) in [7, 11) is -1.37. The molecule has 0 radical (unpaired) electrons. The van der Waals surface area contributed by atoms with Gasteiger partial charge in [0.2, 0.25) is 11.8 Å². The fraction of sp³-hybridized carbons (Fsp3) is 0.0667. The van der Waals surface area contributed by atoms with Gasteiger partial charge in [-0.05, 0) is 70.2 Å². The van der Waals surface area contributed by atoms with E-state index in [1.807, 2.05) is 48.5 Å². The van der Waals surface area contributed by atoms with Crippen molar-refractivity contribution in [3.63, 3.8) is 0 Å².